The molecule has 0 aliphatic carbocycles. The Labute approximate surface area is 407 Å². The van der Waals surface area contributed by atoms with E-state index in [0.717, 1.165) is 39.9 Å². The van der Waals surface area contributed by atoms with Crippen LogP contribution in [0.4, 0.5) is 40.1 Å². The number of anilines is 7. The Hall–Kier alpha value is -7.70. The van der Waals surface area contributed by atoms with Gasteiger partial charge in [-0.2, -0.15) is 0 Å². The number of benzene rings is 8. The zero-order valence-corrected chi connectivity index (χ0v) is 41.0. The monoisotopic (exact) mass is 900 g/mol. The van der Waals surface area contributed by atoms with E-state index in [1.807, 2.05) is 12.4 Å². The van der Waals surface area contributed by atoms with Gasteiger partial charge >= 0.3 is 0 Å². The molecule has 10 aromatic rings. The quantitative estimate of drug-likeness (QED) is 0.129. The number of fused-ring (bicyclic) bond motifs is 5. The highest BCUT2D eigenvalue weighted by molar-refractivity contribution is 6.11. The average Bonchev–Trinajstić information content (AvgIpc) is 3.89. The van der Waals surface area contributed by atoms with Crippen molar-refractivity contribution in [2.45, 2.75) is 85.2 Å². The largest absolute Gasteiger partial charge is 0.310 e. The summed E-state index contributed by atoms with van der Waals surface area (Å²) in [4.78, 5) is 18.0. The van der Waals surface area contributed by atoms with Crippen LogP contribution in [0.3, 0.4) is 0 Å². The summed E-state index contributed by atoms with van der Waals surface area (Å²) in [6.07, 6.45) is 3.42. The van der Waals surface area contributed by atoms with Crippen LogP contribution in [0.5, 0.6) is 0 Å². The van der Waals surface area contributed by atoms with E-state index in [2.05, 4.69) is 251 Å². The molecule has 0 bridgehead atoms. The van der Waals surface area contributed by atoms with E-state index in [0.29, 0.717) is 0 Å². The summed E-state index contributed by atoms with van der Waals surface area (Å²) in [7, 11) is 0. The highest BCUT2D eigenvalue weighted by Crippen LogP contribution is 2.57. The average molecular weight is 901 g/mol. The minimum atomic E-state index is -0.294. The van der Waals surface area contributed by atoms with Crippen LogP contribution in [0.1, 0.15) is 113 Å². The van der Waals surface area contributed by atoms with Crippen molar-refractivity contribution < 1.29 is 0 Å². The summed E-state index contributed by atoms with van der Waals surface area (Å²) < 4.78 is 2.39. The number of hydrogen-bond donors (Lipinski definition) is 0. The first kappa shape index (κ1) is 43.8. The summed E-state index contributed by atoms with van der Waals surface area (Å²) >= 11 is 0. The second kappa shape index (κ2) is 17.7. The predicted octanol–water partition coefficient (Wildman–Crippen LogP) is 17.7. The molecule has 1 aliphatic rings. The third-order valence-corrected chi connectivity index (χ3v) is 14.2. The highest BCUT2D eigenvalue weighted by Gasteiger charge is 2.45. The fourth-order valence-corrected chi connectivity index (χ4v) is 10.9. The molecule has 0 saturated heterocycles. The Morgan fingerprint density at radius 2 is 0.899 bits per heavy atom. The second-order valence-corrected chi connectivity index (χ2v) is 19.8. The molecule has 0 unspecified atom stereocenters. The van der Waals surface area contributed by atoms with Crippen LogP contribution in [0.15, 0.2) is 188 Å². The first-order valence-electron chi connectivity index (χ1n) is 24.7. The topological polar surface area (TPSA) is 40.4 Å². The molecular formula is C63H60N6. The summed E-state index contributed by atoms with van der Waals surface area (Å²) in [5.41, 5.74) is 15.6. The van der Waals surface area contributed by atoms with E-state index in [1.165, 1.54) is 66.2 Å². The predicted molar refractivity (Wildman–Crippen MR) is 291 cm³/mol. The van der Waals surface area contributed by atoms with Crippen molar-refractivity contribution in [3.63, 3.8) is 0 Å². The molecule has 6 nitrogen and oxygen atoms in total. The lowest BCUT2D eigenvalue weighted by Crippen LogP contribution is -2.33. The van der Waals surface area contributed by atoms with E-state index in [4.69, 9.17) is 9.97 Å². The Morgan fingerprint density at radius 1 is 0.420 bits per heavy atom. The third kappa shape index (κ3) is 7.41. The number of rotatable bonds is 11. The SMILES string of the molecule is CC(C)c1cccc(C(C)C)c1N1c2nccnc2N(c2c(C(C)C)cccc2C(C)C)C1c1ccc(N(c2ccc3c(c2)c2ccccc2n3-c2ccccc2)c2cccc3ccccc23)cc1. The number of hydrogen-bond acceptors (Lipinski definition) is 5. The molecule has 0 radical (unpaired) electrons. The van der Waals surface area contributed by atoms with Gasteiger partial charge in [0.05, 0.1) is 28.1 Å². The van der Waals surface area contributed by atoms with Gasteiger partial charge in [0.25, 0.3) is 0 Å². The van der Waals surface area contributed by atoms with Crippen LogP contribution in [0.2, 0.25) is 0 Å². The number of para-hydroxylation sites is 4. The normalized spacial score (nSPS) is 13.0. The Bertz CT molecular complexity index is 3350. The molecule has 342 valence electrons. The Kier molecular flexibility index (Phi) is 11.3. The maximum atomic E-state index is 5.25. The molecule has 0 atom stereocenters. The van der Waals surface area contributed by atoms with Gasteiger partial charge in [-0.05, 0) is 111 Å². The van der Waals surface area contributed by atoms with Gasteiger partial charge in [-0.25, -0.2) is 9.97 Å². The van der Waals surface area contributed by atoms with E-state index >= 15 is 0 Å². The van der Waals surface area contributed by atoms with Crippen molar-refractivity contribution in [1.29, 1.82) is 0 Å². The minimum Gasteiger partial charge on any atom is -0.310 e. The zero-order chi connectivity index (χ0) is 47.5. The van der Waals surface area contributed by atoms with Crippen LogP contribution in [-0.2, 0) is 0 Å². The minimum absolute atomic E-state index is 0.276. The first-order chi connectivity index (χ1) is 33.6. The van der Waals surface area contributed by atoms with E-state index < -0.39 is 0 Å². The molecule has 0 fully saturated rings. The summed E-state index contributed by atoms with van der Waals surface area (Å²) in [6.45, 7) is 18.5. The molecule has 69 heavy (non-hydrogen) atoms. The Morgan fingerprint density at radius 3 is 1.48 bits per heavy atom. The molecule has 1 aliphatic heterocycles. The molecule has 3 heterocycles. The van der Waals surface area contributed by atoms with Crippen molar-refractivity contribution >= 4 is 72.7 Å². The molecular weight excluding hydrogens is 841 g/mol. The molecule has 0 N–H and O–H groups in total. The van der Waals surface area contributed by atoms with Gasteiger partial charge in [0.15, 0.2) is 11.6 Å². The highest BCUT2D eigenvalue weighted by atomic mass is 15.5. The van der Waals surface area contributed by atoms with Crippen molar-refractivity contribution in [1.82, 2.24) is 14.5 Å². The van der Waals surface area contributed by atoms with Crippen LogP contribution in [0, 0.1) is 0 Å². The lowest BCUT2D eigenvalue weighted by Gasteiger charge is -2.38. The molecule has 8 aromatic carbocycles. The Balaban J connectivity index is 1.15. The number of nitrogens with zero attached hydrogens (tertiary/aromatic N) is 6. The van der Waals surface area contributed by atoms with Crippen molar-refractivity contribution in [2.75, 3.05) is 14.7 Å². The molecule has 11 rings (SSSR count). The van der Waals surface area contributed by atoms with Gasteiger partial charge in [0, 0.05) is 45.6 Å². The van der Waals surface area contributed by atoms with Gasteiger partial charge in [0.1, 0.15) is 6.17 Å². The van der Waals surface area contributed by atoms with Crippen LogP contribution in [-0.4, -0.2) is 14.5 Å². The van der Waals surface area contributed by atoms with Crippen LogP contribution in [0.25, 0.3) is 38.3 Å². The summed E-state index contributed by atoms with van der Waals surface area (Å²) in [5.74, 6) is 2.85. The molecule has 0 saturated carbocycles. The summed E-state index contributed by atoms with van der Waals surface area (Å²) in [6, 6.07) is 64.9. The van der Waals surface area contributed by atoms with E-state index in [9.17, 15) is 0 Å². The molecule has 2 aromatic heterocycles. The van der Waals surface area contributed by atoms with Crippen molar-refractivity contribution in [3.05, 3.63) is 216 Å². The smallest absolute Gasteiger partial charge is 0.178 e. The maximum Gasteiger partial charge on any atom is 0.178 e. The molecule has 0 spiro atoms. The van der Waals surface area contributed by atoms with Gasteiger partial charge in [-0.15, -0.1) is 0 Å². The summed E-state index contributed by atoms with van der Waals surface area (Å²) in [5, 5.41) is 4.82. The lowest BCUT2D eigenvalue weighted by molar-refractivity contribution is 0.705. The molecule has 6 heteroatoms. The number of aromatic nitrogens is 3. The van der Waals surface area contributed by atoms with Crippen molar-refractivity contribution in [2.24, 2.45) is 0 Å². The fraction of sp³-hybridized carbons (Fsp3) is 0.206. The lowest BCUT2D eigenvalue weighted by atomic mass is 9.90. The first-order valence-corrected chi connectivity index (χ1v) is 24.7. The van der Waals surface area contributed by atoms with Crippen molar-refractivity contribution in [3.8, 4) is 5.69 Å². The van der Waals surface area contributed by atoms with E-state index in [1.54, 1.807) is 0 Å². The third-order valence-electron chi connectivity index (χ3n) is 14.2. The van der Waals surface area contributed by atoms with Gasteiger partial charge in [0.2, 0.25) is 0 Å². The van der Waals surface area contributed by atoms with Gasteiger partial charge < -0.3 is 9.47 Å². The zero-order valence-electron chi connectivity index (χ0n) is 41.0. The second-order valence-electron chi connectivity index (χ2n) is 19.8. The maximum absolute atomic E-state index is 5.25. The van der Waals surface area contributed by atoms with Crippen LogP contribution < -0.4 is 14.7 Å². The van der Waals surface area contributed by atoms with Gasteiger partial charge in [-0.1, -0.05) is 177 Å². The molecule has 0 amide bonds. The fourth-order valence-electron chi connectivity index (χ4n) is 10.9. The van der Waals surface area contributed by atoms with Gasteiger partial charge in [-0.3, -0.25) is 9.80 Å². The standard InChI is InChI=1S/C63H60N6/c1-40(2)49-25-17-26-50(41(3)4)59(49)68-61-62(65-38-37-64-61)69(60-51(42(5)6)27-18-28-52(60)43(7)8)63(68)45-31-33-47(34-32-45)66(56-30-16-20-44-19-12-13-23-53(44)56)48-35-36-58-55(39-48)54-24-14-15-29-57(54)67(58)46-21-10-9-11-22-46/h9-43,63H,1-8H3. The van der Waals surface area contributed by atoms with E-state index in [-0.39, 0.29) is 29.8 Å². The van der Waals surface area contributed by atoms with Crippen LogP contribution >= 0.6 is 0 Å².